The number of nitrogens with two attached hydrogens (primary N) is 1. The van der Waals surface area contributed by atoms with Gasteiger partial charge in [-0.05, 0) is 13.0 Å². The number of esters is 1. The molecule has 2 aromatic rings. The van der Waals surface area contributed by atoms with E-state index in [0.717, 1.165) is 0 Å². The number of aromatic nitrogens is 4. The molecule has 0 bridgehead atoms. The molecule has 0 saturated heterocycles. The Morgan fingerprint density at radius 2 is 2.28 bits per heavy atom. The first kappa shape index (κ1) is 12.2. The molecule has 96 valence electrons. The summed E-state index contributed by atoms with van der Waals surface area (Å²) >= 11 is 0. The summed E-state index contributed by atoms with van der Waals surface area (Å²) in [4.78, 5) is 11.1. The van der Waals surface area contributed by atoms with E-state index >= 15 is 0 Å². The van der Waals surface area contributed by atoms with Crippen LogP contribution in [0.4, 0.5) is 0 Å². The van der Waals surface area contributed by atoms with Crippen molar-refractivity contribution in [2.75, 3.05) is 13.7 Å². The summed E-state index contributed by atoms with van der Waals surface area (Å²) in [5, 5.41) is 11.9. The van der Waals surface area contributed by atoms with Gasteiger partial charge in [0.2, 0.25) is 5.88 Å². The second-order valence-corrected chi connectivity index (χ2v) is 3.63. The lowest BCUT2D eigenvalue weighted by Gasteiger charge is -2.10. The molecule has 2 aromatic heterocycles. The van der Waals surface area contributed by atoms with E-state index < -0.39 is 12.0 Å². The van der Waals surface area contributed by atoms with Crippen LogP contribution in [0.15, 0.2) is 12.1 Å². The van der Waals surface area contributed by atoms with Crippen LogP contribution in [0.5, 0.6) is 5.88 Å². The maximum atomic E-state index is 11.1. The first-order valence-electron chi connectivity index (χ1n) is 5.27. The lowest BCUT2D eigenvalue weighted by Crippen LogP contribution is -2.37. The zero-order valence-corrected chi connectivity index (χ0v) is 10.0. The van der Waals surface area contributed by atoms with E-state index in [1.54, 1.807) is 23.6 Å². The number of carbonyl (C=O) groups is 1. The quantitative estimate of drug-likeness (QED) is 0.717. The van der Waals surface area contributed by atoms with Gasteiger partial charge in [-0.25, -0.2) is 0 Å². The Kier molecular flexibility index (Phi) is 3.38. The summed E-state index contributed by atoms with van der Waals surface area (Å²) in [6.45, 7) is 1.77. The molecule has 0 aromatic carbocycles. The molecule has 18 heavy (non-hydrogen) atoms. The van der Waals surface area contributed by atoms with Gasteiger partial charge in [0.05, 0.1) is 7.11 Å². The lowest BCUT2D eigenvalue weighted by atomic mass is 10.3. The minimum atomic E-state index is -0.838. The minimum absolute atomic E-state index is 0.00759. The summed E-state index contributed by atoms with van der Waals surface area (Å²) in [6, 6.07) is 2.51. The van der Waals surface area contributed by atoms with Gasteiger partial charge in [0.15, 0.2) is 11.5 Å². The van der Waals surface area contributed by atoms with Gasteiger partial charge in [-0.2, -0.15) is 4.52 Å². The highest BCUT2D eigenvalue weighted by atomic mass is 16.5. The summed E-state index contributed by atoms with van der Waals surface area (Å²) < 4.78 is 11.3. The molecule has 8 nitrogen and oxygen atoms in total. The fourth-order valence-electron chi connectivity index (χ4n) is 1.35. The smallest absolute Gasteiger partial charge is 0.326 e. The molecule has 2 rings (SSSR count). The Morgan fingerprint density at radius 1 is 1.50 bits per heavy atom. The van der Waals surface area contributed by atoms with E-state index in [0.29, 0.717) is 17.4 Å². The van der Waals surface area contributed by atoms with Crippen molar-refractivity contribution in [1.82, 2.24) is 19.8 Å². The van der Waals surface area contributed by atoms with Crippen molar-refractivity contribution in [3.63, 3.8) is 0 Å². The molecule has 0 fully saturated rings. The second kappa shape index (κ2) is 4.96. The van der Waals surface area contributed by atoms with Gasteiger partial charge >= 0.3 is 5.97 Å². The largest absolute Gasteiger partial charge is 0.474 e. The number of carbonyl (C=O) groups excluding carboxylic acids is 1. The Balaban J connectivity index is 2.08. The van der Waals surface area contributed by atoms with E-state index in [-0.39, 0.29) is 6.61 Å². The molecular formula is C10H13N5O3. The Bertz CT molecular complexity index is 568. The summed E-state index contributed by atoms with van der Waals surface area (Å²) in [5.74, 6) is 0.453. The third-order valence-electron chi connectivity index (χ3n) is 2.31. The predicted octanol–water partition coefficient (Wildman–Crippen LogP) is -0.688. The molecule has 0 spiro atoms. The van der Waals surface area contributed by atoms with Crippen LogP contribution in [0, 0.1) is 6.92 Å². The number of ether oxygens (including phenoxy) is 2. The monoisotopic (exact) mass is 251 g/mol. The molecule has 1 atom stereocenters. The molecular weight excluding hydrogens is 238 g/mol. The van der Waals surface area contributed by atoms with Crippen LogP contribution in [-0.4, -0.2) is 45.5 Å². The topological polar surface area (TPSA) is 105 Å². The third-order valence-corrected chi connectivity index (χ3v) is 2.31. The van der Waals surface area contributed by atoms with Crippen LogP contribution >= 0.6 is 0 Å². The number of hydrogen-bond donors (Lipinski definition) is 1. The molecule has 2 heterocycles. The first-order chi connectivity index (χ1) is 8.61. The number of nitrogens with zero attached hydrogens (tertiary/aromatic N) is 4. The van der Waals surface area contributed by atoms with Crippen molar-refractivity contribution in [1.29, 1.82) is 0 Å². The number of hydrogen-bond acceptors (Lipinski definition) is 7. The molecule has 0 aliphatic carbocycles. The normalized spacial score (nSPS) is 12.4. The van der Waals surface area contributed by atoms with Crippen LogP contribution in [0.3, 0.4) is 0 Å². The van der Waals surface area contributed by atoms with Crippen LogP contribution in [0.1, 0.15) is 5.82 Å². The maximum Gasteiger partial charge on any atom is 0.326 e. The van der Waals surface area contributed by atoms with E-state index in [9.17, 15) is 4.79 Å². The van der Waals surface area contributed by atoms with Crippen LogP contribution in [0.2, 0.25) is 0 Å². The Morgan fingerprint density at radius 3 is 3.00 bits per heavy atom. The zero-order chi connectivity index (χ0) is 13.1. The Labute approximate surface area is 103 Å². The van der Waals surface area contributed by atoms with Gasteiger partial charge in [-0.15, -0.1) is 15.3 Å². The summed E-state index contributed by atoms with van der Waals surface area (Å²) in [7, 11) is 1.27. The highest BCUT2D eigenvalue weighted by Gasteiger charge is 2.15. The second-order valence-electron chi connectivity index (χ2n) is 3.63. The Hall–Kier alpha value is -2.22. The van der Waals surface area contributed by atoms with E-state index in [2.05, 4.69) is 20.0 Å². The number of methoxy groups -OCH3 is 1. The van der Waals surface area contributed by atoms with Crippen molar-refractivity contribution in [3.8, 4) is 5.88 Å². The van der Waals surface area contributed by atoms with Crippen LogP contribution < -0.4 is 10.5 Å². The number of fused-ring (bicyclic) bond motifs is 1. The standard InChI is InChI=1S/C10H13N5O3/c1-6-12-13-8-3-4-9(14-15(6)8)18-5-7(11)10(16)17-2/h3-4,7H,5,11H2,1-2H3. The molecule has 0 aliphatic rings. The molecule has 0 amide bonds. The molecule has 0 radical (unpaired) electrons. The van der Waals surface area contributed by atoms with Gasteiger partial charge < -0.3 is 15.2 Å². The van der Waals surface area contributed by atoms with Crippen molar-refractivity contribution in [3.05, 3.63) is 18.0 Å². The van der Waals surface area contributed by atoms with Crippen molar-refractivity contribution >= 4 is 11.6 Å². The van der Waals surface area contributed by atoms with E-state index in [1.165, 1.54) is 7.11 Å². The molecule has 1 unspecified atom stereocenters. The van der Waals surface area contributed by atoms with Gasteiger partial charge in [0.25, 0.3) is 0 Å². The first-order valence-corrected chi connectivity index (χ1v) is 5.27. The van der Waals surface area contributed by atoms with Crippen LogP contribution in [-0.2, 0) is 9.53 Å². The predicted molar refractivity (Wildman–Crippen MR) is 61.0 cm³/mol. The third kappa shape index (κ3) is 2.38. The fraction of sp³-hybridized carbons (Fsp3) is 0.400. The average molecular weight is 251 g/mol. The van der Waals surface area contributed by atoms with E-state index in [4.69, 9.17) is 10.5 Å². The highest BCUT2D eigenvalue weighted by molar-refractivity contribution is 5.75. The average Bonchev–Trinajstić information content (AvgIpc) is 2.76. The minimum Gasteiger partial charge on any atom is -0.474 e. The molecule has 0 saturated carbocycles. The SMILES string of the molecule is COC(=O)C(N)COc1ccc2nnc(C)n2n1. The molecule has 2 N–H and O–H groups in total. The van der Waals surface area contributed by atoms with Gasteiger partial charge in [0, 0.05) is 6.07 Å². The van der Waals surface area contributed by atoms with Gasteiger partial charge in [-0.1, -0.05) is 0 Å². The highest BCUT2D eigenvalue weighted by Crippen LogP contribution is 2.08. The summed E-state index contributed by atoms with van der Waals surface area (Å²) in [6.07, 6.45) is 0. The van der Waals surface area contributed by atoms with Crippen LogP contribution in [0.25, 0.3) is 5.65 Å². The van der Waals surface area contributed by atoms with Gasteiger partial charge in [0.1, 0.15) is 12.6 Å². The molecule has 8 heteroatoms. The summed E-state index contributed by atoms with van der Waals surface area (Å²) in [5.41, 5.74) is 6.16. The van der Waals surface area contributed by atoms with Gasteiger partial charge in [-0.3, -0.25) is 4.79 Å². The maximum absolute atomic E-state index is 11.1. The number of rotatable bonds is 4. The number of aryl methyl sites for hydroxylation is 1. The lowest BCUT2D eigenvalue weighted by molar-refractivity contribution is -0.142. The fourth-order valence-corrected chi connectivity index (χ4v) is 1.35. The van der Waals surface area contributed by atoms with Crippen molar-refractivity contribution in [2.45, 2.75) is 13.0 Å². The molecule has 0 aliphatic heterocycles. The van der Waals surface area contributed by atoms with Crippen molar-refractivity contribution < 1.29 is 14.3 Å². The van der Waals surface area contributed by atoms with E-state index in [1.807, 2.05) is 0 Å². The van der Waals surface area contributed by atoms with Crippen molar-refractivity contribution in [2.24, 2.45) is 5.73 Å². The zero-order valence-electron chi connectivity index (χ0n) is 10.0.